The molecule has 0 bridgehead atoms. The Kier molecular flexibility index (Phi) is 4.39. The highest BCUT2D eigenvalue weighted by atomic mass is 32.1. The van der Waals surface area contributed by atoms with Gasteiger partial charge in [-0.3, -0.25) is 4.79 Å². The van der Waals surface area contributed by atoms with E-state index in [1.165, 1.54) is 18.4 Å². The molecule has 0 aliphatic carbocycles. The van der Waals surface area contributed by atoms with Gasteiger partial charge in [-0.25, -0.2) is 9.78 Å². The van der Waals surface area contributed by atoms with Gasteiger partial charge in [0.05, 0.1) is 24.9 Å². The zero-order chi connectivity index (χ0) is 12.1. The lowest BCUT2D eigenvalue weighted by atomic mass is 10.3. The number of aryl methyl sites for hydroxylation is 1. The summed E-state index contributed by atoms with van der Waals surface area (Å²) in [5.74, 6) is -1.13. The van der Waals surface area contributed by atoms with E-state index < -0.39 is 12.1 Å². The number of ether oxygens (including phenoxy) is 1. The summed E-state index contributed by atoms with van der Waals surface area (Å²) in [7, 11) is 1.17. The zero-order valence-electron chi connectivity index (χ0n) is 8.89. The fraction of sp³-hybridized carbons (Fsp3) is 0.444. The summed E-state index contributed by atoms with van der Waals surface area (Å²) < 4.78 is 4.31. The van der Waals surface area contributed by atoms with Crippen molar-refractivity contribution in [3.63, 3.8) is 0 Å². The first-order chi connectivity index (χ1) is 7.56. The quantitative estimate of drug-likeness (QED) is 0.711. The first kappa shape index (κ1) is 12.6. The number of carbonyl (C=O) groups is 2. The SMILES string of the molecule is COC(=O)C(O)CNC(=O)c1scnc1C. The summed E-state index contributed by atoms with van der Waals surface area (Å²) in [5.41, 5.74) is 2.18. The number of methoxy groups -OCH3 is 1. The van der Waals surface area contributed by atoms with Crippen LogP contribution >= 0.6 is 11.3 Å². The van der Waals surface area contributed by atoms with Crippen LogP contribution in [-0.2, 0) is 9.53 Å². The summed E-state index contributed by atoms with van der Waals surface area (Å²) in [6, 6.07) is 0. The van der Waals surface area contributed by atoms with Crippen LogP contribution in [0.25, 0.3) is 0 Å². The fourth-order valence-corrected chi connectivity index (χ4v) is 1.73. The summed E-state index contributed by atoms with van der Waals surface area (Å²) in [5, 5.41) is 11.7. The predicted octanol–water partition coefficient (Wildman–Crippen LogP) is -0.285. The standard InChI is InChI=1S/C9H12N2O4S/c1-5-7(16-4-11-5)8(13)10-3-6(12)9(14)15-2/h4,6,12H,3H2,1-2H3,(H,10,13). The molecule has 1 aromatic heterocycles. The average Bonchev–Trinajstić information content (AvgIpc) is 2.70. The normalized spacial score (nSPS) is 11.9. The third-order valence-electron chi connectivity index (χ3n) is 1.88. The molecule has 1 rings (SSSR count). The van der Waals surface area contributed by atoms with Crippen LogP contribution in [0.3, 0.4) is 0 Å². The van der Waals surface area contributed by atoms with Crippen molar-refractivity contribution in [3.05, 3.63) is 16.1 Å². The summed E-state index contributed by atoms with van der Waals surface area (Å²) in [6.45, 7) is 1.53. The summed E-state index contributed by atoms with van der Waals surface area (Å²) in [6.07, 6.45) is -1.35. The molecule has 2 N–H and O–H groups in total. The van der Waals surface area contributed by atoms with E-state index in [1.54, 1.807) is 12.4 Å². The Balaban J connectivity index is 2.48. The molecular weight excluding hydrogens is 232 g/mol. The average molecular weight is 244 g/mol. The topological polar surface area (TPSA) is 88.5 Å². The number of aliphatic hydroxyl groups excluding tert-OH is 1. The molecule has 1 atom stereocenters. The Morgan fingerprint density at radius 3 is 2.88 bits per heavy atom. The molecular formula is C9H12N2O4S. The van der Waals surface area contributed by atoms with Crippen molar-refractivity contribution in [2.75, 3.05) is 13.7 Å². The van der Waals surface area contributed by atoms with Gasteiger partial charge >= 0.3 is 5.97 Å². The Morgan fingerprint density at radius 2 is 2.38 bits per heavy atom. The molecule has 88 valence electrons. The molecule has 0 saturated heterocycles. The molecule has 6 nitrogen and oxygen atoms in total. The smallest absolute Gasteiger partial charge is 0.336 e. The van der Waals surface area contributed by atoms with E-state index in [0.717, 1.165) is 0 Å². The second kappa shape index (κ2) is 5.57. The number of thiazole rings is 1. The number of nitrogens with zero attached hydrogens (tertiary/aromatic N) is 1. The Bertz CT molecular complexity index is 391. The van der Waals surface area contributed by atoms with Gasteiger partial charge in [-0.1, -0.05) is 0 Å². The van der Waals surface area contributed by atoms with Crippen molar-refractivity contribution >= 4 is 23.2 Å². The van der Waals surface area contributed by atoms with Gasteiger partial charge in [0.15, 0.2) is 6.10 Å². The van der Waals surface area contributed by atoms with Crippen LogP contribution in [0.5, 0.6) is 0 Å². The van der Waals surface area contributed by atoms with Crippen LogP contribution in [0.2, 0.25) is 0 Å². The number of hydrogen-bond acceptors (Lipinski definition) is 6. The molecule has 0 fully saturated rings. The van der Waals surface area contributed by atoms with E-state index in [4.69, 9.17) is 0 Å². The minimum Gasteiger partial charge on any atom is -0.467 e. The van der Waals surface area contributed by atoms with Crippen molar-refractivity contribution in [1.82, 2.24) is 10.3 Å². The summed E-state index contributed by atoms with van der Waals surface area (Å²) in [4.78, 5) is 26.8. The first-order valence-electron chi connectivity index (χ1n) is 4.50. The lowest BCUT2D eigenvalue weighted by molar-refractivity contribution is -0.149. The molecule has 1 heterocycles. The maximum Gasteiger partial charge on any atom is 0.336 e. The van der Waals surface area contributed by atoms with Crippen molar-refractivity contribution in [1.29, 1.82) is 0 Å². The van der Waals surface area contributed by atoms with Crippen LogP contribution in [0, 0.1) is 6.92 Å². The Labute approximate surface area is 96.3 Å². The molecule has 0 aliphatic rings. The van der Waals surface area contributed by atoms with Crippen molar-refractivity contribution in [3.8, 4) is 0 Å². The van der Waals surface area contributed by atoms with E-state index in [-0.39, 0.29) is 12.5 Å². The molecule has 16 heavy (non-hydrogen) atoms. The maximum atomic E-state index is 11.5. The Hall–Kier alpha value is -1.47. The Morgan fingerprint density at radius 1 is 1.69 bits per heavy atom. The lowest BCUT2D eigenvalue weighted by Gasteiger charge is -2.08. The minimum absolute atomic E-state index is 0.178. The fourth-order valence-electron chi connectivity index (χ4n) is 1.01. The van der Waals surface area contributed by atoms with Gasteiger partial charge in [0.25, 0.3) is 5.91 Å². The molecule has 1 aromatic rings. The van der Waals surface area contributed by atoms with Crippen LogP contribution < -0.4 is 5.32 Å². The highest BCUT2D eigenvalue weighted by molar-refractivity contribution is 7.11. The van der Waals surface area contributed by atoms with Gasteiger partial charge in [-0.05, 0) is 6.92 Å². The van der Waals surface area contributed by atoms with Gasteiger partial charge in [0.1, 0.15) is 4.88 Å². The highest BCUT2D eigenvalue weighted by Crippen LogP contribution is 2.11. The third-order valence-corrected chi connectivity index (χ3v) is 2.81. The van der Waals surface area contributed by atoms with E-state index in [9.17, 15) is 14.7 Å². The number of nitrogens with one attached hydrogen (secondary N) is 1. The number of hydrogen-bond donors (Lipinski definition) is 2. The molecule has 7 heteroatoms. The molecule has 0 aliphatic heterocycles. The molecule has 0 spiro atoms. The molecule has 1 amide bonds. The monoisotopic (exact) mass is 244 g/mol. The maximum absolute atomic E-state index is 11.5. The number of aliphatic hydroxyl groups is 1. The third kappa shape index (κ3) is 3.01. The first-order valence-corrected chi connectivity index (χ1v) is 5.38. The number of amides is 1. The zero-order valence-corrected chi connectivity index (χ0v) is 9.71. The van der Waals surface area contributed by atoms with E-state index >= 15 is 0 Å². The number of esters is 1. The van der Waals surface area contributed by atoms with Crippen LogP contribution in [-0.4, -0.2) is 41.7 Å². The number of rotatable bonds is 4. The lowest BCUT2D eigenvalue weighted by Crippen LogP contribution is -2.37. The number of carbonyl (C=O) groups excluding carboxylic acids is 2. The molecule has 0 aromatic carbocycles. The van der Waals surface area contributed by atoms with Crippen molar-refractivity contribution < 1.29 is 19.4 Å². The van der Waals surface area contributed by atoms with Crippen molar-refractivity contribution in [2.45, 2.75) is 13.0 Å². The second-order valence-corrected chi connectivity index (χ2v) is 3.87. The van der Waals surface area contributed by atoms with Crippen LogP contribution in [0.1, 0.15) is 15.4 Å². The van der Waals surface area contributed by atoms with E-state index in [0.29, 0.717) is 10.6 Å². The highest BCUT2D eigenvalue weighted by Gasteiger charge is 2.18. The number of aromatic nitrogens is 1. The molecule has 0 radical (unpaired) electrons. The summed E-state index contributed by atoms with van der Waals surface area (Å²) >= 11 is 1.20. The minimum atomic E-state index is -1.35. The van der Waals surface area contributed by atoms with Gasteiger partial charge in [0, 0.05) is 0 Å². The van der Waals surface area contributed by atoms with Gasteiger partial charge in [-0.15, -0.1) is 11.3 Å². The van der Waals surface area contributed by atoms with E-state index in [2.05, 4.69) is 15.0 Å². The largest absolute Gasteiger partial charge is 0.467 e. The molecule has 1 unspecified atom stereocenters. The van der Waals surface area contributed by atoms with Gasteiger partial charge in [0.2, 0.25) is 0 Å². The van der Waals surface area contributed by atoms with Gasteiger partial charge < -0.3 is 15.2 Å². The van der Waals surface area contributed by atoms with Crippen molar-refractivity contribution in [2.24, 2.45) is 0 Å². The van der Waals surface area contributed by atoms with Crippen LogP contribution in [0.15, 0.2) is 5.51 Å². The van der Waals surface area contributed by atoms with Gasteiger partial charge in [-0.2, -0.15) is 0 Å². The molecule has 0 saturated carbocycles. The predicted molar refractivity (Wildman–Crippen MR) is 57.2 cm³/mol. The second-order valence-electron chi connectivity index (χ2n) is 3.02. The van der Waals surface area contributed by atoms with Crippen LogP contribution in [0.4, 0.5) is 0 Å². The van der Waals surface area contributed by atoms with E-state index in [1.807, 2.05) is 0 Å².